The first kappa shape index (κ1) is 24.9. The summed E-state index contributed by atoms with van der Waals surface area (Å²) in [7, 11) is 0. The van der Waals surface area contributed by atoms with Crippen molar-refractivity contribution in [1.29, 1.82) is 0 Å². The van der Waals surface area contributed by atoms with Gasteiger partial charge in [0.25, 0.3) is 0 Å². The second kappa shape index (κ2) is 11.1. The summed E-state index contributed by atoms with van der Waals surface area (Å²) in [6.45, 7) is 6.68. The third kappa shape index (κ3) is 5.79. The molecule has 0 bridgehead atoms. The minimum Gasteiger partial charge on any atom is -0.488 e. The van der Waals surface area contributed by atoms with Crippen LogP contribution in [0.1, 0.15) is 25.8 Å². The highest BCUT2D eigenvalue weighted by Gasteiger charge is 2.36. The molecule has 3 heterocycles. The lowest BCUT2D eigenvalue weighted by atomic mass is 10.1. The fourth-order valence-electron chi connectivity index (χ4n) is 4.07. The molecule has 0 atom stereocenters. The number of nitrogens with one attached hydrogen (secondary N) is 2. The van der Waals surface area contributed by atoms with Crippen molar-refractivity contribution in [3.05, 3.63) is 60.0 Å². The molecule has 0 saturated carbocycles. The monoisotopic (exact) mass is 509 g/mol. The van der Waals surface area contributed by atoms with E-state index in [0.717, 1.165) is 5.56 Å². The van der Waals surface area contributed by atoms with Crippen LogP contribution in [-0.2, 0) is 14.2 Å². The lowest BCUT2D eigenvalue weighted by Gasteiger charge is -2.35. The summed E-state index contributed by atoms with van der Waals surface area (Å²) in [4.78, 5) is 24.0. The Bertz CT molecular complexity index is 1250. The Balaban J connectivity index is 1.40. The van der Waals surface area contributed by atoms with Gasteiger partial charge in [0.15, 0.2) is 23.7 Å². The number of aromatic nitrogens is 2. The van der Waals surface area contributed by atoms with Crippen molar-refractivity contribution in [1.82, 2.24) is 9.97 Å². The van der Waals surface area contributed by atoms with Crippen LogP contribution in [0.25, 0.3) is 11.4 Å². The van der Waals surface area contributed by atoms with Crippen LogP contribution < -0.4 is 20.3 Å². The van der Waals surface area contributed by atoms with Gasteiger partial charge in [0.2, 0.25) is 6.29 Å². The Morgan fingerprint density at radius 2 is 1.81 bits per heavy atom. The van der Waals surface area contributed by atoms with E-state index in [2.05, 4.69) is 15.5 Å². The fraction of sp³-hybridized carbons (Fsp3) is 0.346. The van der Waals surface area contributed by atoms with Crippen molar-refractivity contribution in [2.45, 2.75) is 26.4 Å². The summed E-state index contributed by atoms with van der Waals surface area (Å²) in [6.07, 6.45) is -0.973. The van der Waals surface area contributed by atoms with Crippen LogP contribution in [0.2, 0.25) is 0 Å². The minimum absolute atomic E-state index is 0.325. The lowest BCUT2D eigenvalue weighted by molar-refractivity contribution is -0.384. The maximum atomic E-state index is 13.4. The zero-order chi connectivity index (χ0) is 25.8. The number of nitrogens with zero attached hydrogens (tertiary/aromatic N) is 3. The summed E-state index contributed by atoms with van der Waals surface area (Å²) in [5, 5.41) is 5.34. The quantitative estimate of drug-likeness (QED) is 0.478. The summed E-state index contributed by atoms with van der Waals surface area (Å²) < 4.78 is 36.4. The van der Waals surface area contributed by atoms with E-state index in [0.29, 0.717) is 67.4 Å². The van der Waals surface area contributed by atoms with Crippen molar-refractivity contribution in [2.24, 2.45) is 0 Å². The van der Waals surface area contributed by atoms with E-state index in [-0.39, 0.29) is 6.29 Å². The molecule has 2 amide bonds. The summed E-state index contributed by atoms with van der Waals surface area (Å²) in [5.74, 6) is 1.24. The van der Waals surface area contributed by atoms with Crippen molar-refractivity contribution in [3.63, 3.8) is 0 Å². The smallest absolute Gasteiger partial charge is 0.323 e. The molecular formula is C26H28FN5O5. The molecule has 0 spiro atoms. The van der Waals surface area contributed by atoms with Crippen molar-refractivity contribution in [3.8, 4) is 17.1 Å². The molecule has 1 aromatic heterocycles. The maximum absolute atomic E-state index is 13.4. The topological polar surface area (TPSA) is 107 Å². The number of ether oxygens (including phenoxy) is 4. The first-order valence-electron chi connectivity index (χ1n) is 12.1. The number of morpholine rings is 1. The van der Waals surface area contributed by atoms with Crippen LogP contribution in [0, 0.1) is 5.82 Å². The first-order chi connectivity index (χ1) is 18.0. The van der Waals surface area contributed by atoms with Crippen LogP contribution in [-0.4, -0.2) is 55.2 Å². The number of anilines is 3. The van der Waals surface area contributed by atoms with Gasteiger partial charge in [0, 0.05) is 30.0 Å². The largest absolute Gasteiger partial charge is 0.488 e. The number of hydrogen-bond acceptors (Lipinski definition) is 8. The van der Waals surface area contributed by atoms with E-state index >= 15 is 0 Å². The Labute approximate surface area is 213 Å². The molecule has 11 heteroatoms. The van der Waals surface area contributed by atoms with E-state index in [9.17, 15) is 9.18 Å². The molecule has 2 fully saturated rings. The fourth-order valence-corrected chi connectivity index (χ4v) is 4.07. The van der Waals surface area contributed by atoms with Gasteiger partial charge in [-0.05, 0) is 56.3 Å². The zero-order valence-corrected chi connectivity index (χ0v) is 20.6. The highest BCUT2D eigenvalue weighted by molar-refractivity contribution is 5.99. The number of halogens is 1. The molecule has 37 heavy (non-hydrogen) atoms. The van der Waals surface area contributed by atoms with Gasteiger partial charge in [-0.15, -0.1) is 0 Å². The van der Waals surface area contributed by atoms with Crippen LogP contribution in [0.5, 0.6) is 5.75 Å². The summed E-state index contributed by atoms with van der Waals surface area (Å²) >= 11 is 0. The van der Waals surface area contributed by atoms with Gasteiger partial charge in [0.05, 0.1) is 19.8 Å². The second-order valence-electron chi connectivity index (χ2n) is 8.46. The first-order valence-corrected chi connectivity index (χ1v) is 12.1. The van der Waals surface area contributed by atoms with Gasteiger partial charge in [-0.1, -0.05) is 6.07 Å². The molecule has 0 aliphatic carbocycles. The van der Waals surface area contributed by atoms with Gasteiger partial charge in [0.1, 0.15) is 11.5 Å². The van der Waals surface area contributed by atoms with E-state index in [1.165, 1.54) is 18.2 Å². The minimum atomic E-state index is -0.648. The molecule has 2 aliphatic heterocycles. The number of carbonyl (C=O) groups is 1. The molecule has 3 aromatic rings. The second-order valence-corrected chi connectivity index (χ2v) is 8.46. The normalized spacial score (nSPS) is 19.2. The average Bonchev–Trinajstić information content (AvgIpc) is 2.88. The standard InChI is InChI=1S/C26H28FN5O5/c1-3-35-22-21(25-36-16(2)37-25)30-23(31-24(22)32-11-13-34-14-12-32)17-7-9-19(10-8-17)28-26(33)29-20-6-4-5-18(27)15-20/h4-10,15-16,25H,3,11-14H2,1-2H3,(H2,28,29,33). The number of urea groups is 1. The highest BCUT2D eigenvalue weighted by atomic mass is 19.1. The molecule has 2 saturated heterocycles. The molecule has 5 rings (SSSR count). The van der Waals surface area contributed by atoms with E-state index in [1.807, 2.05) is 26.0 Å². The molecule has 10 nitrogen and oxygen atoms in total. The molecule has 2 aromatic carbocycles. The molecular weight excluding hydrogens is 481 g/mol. The maximum Gasteiger partial charge on any atom is 0.323 e. The summed E-state index contributed by atoms with van der Waals surface area (Å²) in [6, 6.07) is 12.3. The van der Waals surface area contributed by atoms with Crippen molar-refractivity contribution in [2.75, 3.05) is 48.4 Å². The van der Waals surface area contributed by atoms with E-state index < -0.39 is 18.1 Å². The molecule has 194 valence electrons. The van der Waals surface area contributed by atoms with Gasteiger partial charge in [-0.25, -0.2) is 19.2 Å². The predicted molar refractivity (Wildman–Crippen MR) is 135 cm³/mol. The number of hydrogen-bond donors (Lipinski definition) is 2. The van der Waals surface area contributed by atoms with Crippen LogP contribution in [0.4, 0.5) is 26.4 Å². The zero-order valence-electron chi connectivity index (χ0n) is 20.6. The average molecular weight is 510 g/mol. The van der Waals surface area contributed by atoms with Crippen LogP contribution >= 0.6 is 0 Å². The third-order valence-electron chi connectivity index (χ3n) is 5.81. The van der Waals surface area contributed by atoms with Crippen molar-refractivity contribution >= 4 is 23.2 Å². The highest BCUT2D eigenvalue weighted by Crippen LogP contribution is 2.41. The molecule has 2 N–H and O–H groups in total. The van der Waals surface area contributed by atoms with Gasteiger partial charge >= 0.3 is 6.03 Å². The molecule has 0 radical (unpaired) electrons. The van der Waals surface area contributed by atoms with E-state index in [1.54, 1.807) is 18.2 Å². The van der Waals surface area contributed by atoms with Crippen LogP contribution in [0.3, 0.4) is 0 Å². The van der Waals surface area contributed by atoms with Gasteiger partial charge < -0.3 is 34.5 Å². The Morgan fingerprint density at radius 1 is 1.08 bits per heavy atom. The third-order valence-corrected chi connectivity index (χ3v) is 5.81. The van der Waals surface area contributed by atoms with Crippen molar-refractivity contribution < 1.29 is 28.1 Å². The van der Waals surface area contributed by atoms with Gasteiger partial charge in [-0.2, -0.15) is 0 Å². The number of carbonyl (C=O) groups excluding carboxylic acids is 1. The number of benzene rings is 2. The molecule has 0 unspecified atom stereocenters. The lowest BCUT2D eigenvalue weighted by Crippen LogP contribution is -2.38. The Hall–Kier alpha value is -3.80. The summed E-state index contributed by atoms with van der Waals surface area (Å²) in [5.41, 5.74) is 2.18. The van der Waals surface area contributed by atoms with E-state index in [4.69, 9.17) is 28.9 Å². The van der Waals surface area contributed by atoms with Crippen LogP contribution in [0.15, 0.2) is 48.5 Å². The number of amides is 2. The molecule has 2 aliphatic rings. The Morgan fingerprint density at radius 3 is 2.49 bits per heavy atom. The Kier molecular flexibility index (Phi) is 7.45. The van der Waals surface area contributed by atoms with Gasteiger partial charge in [-0.3, -0.25) is 0 Å². The SMILES string of the molecule is CCOc1c(C2OC(C)O2)nc(-c2ccc(NC(=O)Nc3cccc(F)c3)cc2)nc1N1CCOCC1. The number of rotatable bonds is 7. The predicted octanol–water partition coefficient (Wildman–Crippen LogP) is 4.55.